The minimum atomic E-state index is -1.42. The average Bonchev–Trinajstić information content (AvgIpc) is 4.16. The molecule has 13 nitrogen and oxygen atoms in total. The number of benzene rings is 3. The van der Waals surface area contributed by atoms with Gasteiger partial charge >= 0.3 is 0 Å². The molecular formula is C50H62N2O11. The number of carbonyl (C=O) groups is 2. The largest absolute Gasteiger partial charge is 0.496 e. The molecule has 2 saturated carbocycles. The molecule has 6 atom stereocenters. The van der Waals surface area contributed by atoms with E-state index >= 15 is 0 Å². The van der Waals surface area contributed by atoms with Crippen LogP contribution in [0, 0.1) is 23.7 Å². The van der Waals surface area contributed by atoms with E-state index in [4.69, 9.17) is 33.7 Å². The van der Waals surface area contributed by atoms with E-state index in [1.807, 2.05) is 53.4 Å². The van der Waals surface area contributed by atoms with Gasteiger partial charge in [-0.3, -0.25) is 9.59 Å². The van der Waals surface area contributed by atoms with Crippen molar-refractivity contribution in [3.05, 3.63) is 108 Å². The van der Waals surface area contributed by atoms with Gasteiger partial charge in [0.15, 0.2) is 6.29 Å². The highest BCUT2D eigenvalue weighted by atomic mass is 16.7. The van der Waals surface area contributed by atoms with Crippen LogP contribution in [0.4, 0.5) is 0 Å². The maximum atomic E-state index is 14.6. The maximum Gasteiger partial charge on any atom is 0.239 e. The lowest BCUT2D eigenvalue weighted by Crippen LogP contribution is -2.70. The number of nitrogens with zero attached hydrogens (tertiary/aromatic N) is 2. The number of fused-ring (bicyclic) bond motifs is 2. The Hall–Kier alpha value is -5.05. The van der Waals surface area contributed by atoms with Crippen molar-refractivity contribution >= 4 is 17.9 Å². The van der Waals surface area contributed by atoms with E-state index < -0.39 is 17.7 Å². The molecule has 338 valence electrons. The lowest BCUT2D eigenvalue weighted by Gasteiger charge is -2.60. The summed E-state index contributed by atoms with van der Waals surface area (Å²) < 4.78 is 32.1. The van der Waals surface area contributed by atoms with Crippen LogP contribution >= 0.6 is 0 Å². The van der Waals surface area contributed by atoms with Crippen LogP contribution in [0.5, 0.6) is 23.0 Å². The average molecular weight is 867 g/mol. The Bertz CT molecular complexity index is 2070. The first-order chi connectivity index (χ1) is 30.9. The van der Waals surface area contributed by atoms with Crippen LogP contribution in [0.1, 0.15) is 85.2 Å². The summed E-state index contributed by atoms with van der Waals surface area (Å²) in [6, 6.07) is 20.0. The molecule has 1 amide bonds. The predicted molar refractivity (Wildman–Crippen MR) is 237 cm³/mol. The summed E-state index contributed by atoms with van der Waals surface area (Å²) in [5.74, 6) is -0.212. The number of hydrogen-bond donors (Lipinski definition) is 3. The lowest BCUT2D eigenvalue weighted by molar-refractivity contribution is -0.258. The fraction of sp³-hybridized carbons (Fsp3) is 0.500. The molecule has 0 saturated heterocycles. The zero-order valence-electron chi connectivity index (χ0n) is 36.3. The number of carbonyl (C=O) groups excluding carboxylic acids is 2. The summed E-state index contributed by atoms with van der Waals surface area (Å²) in [5, 5.41) is 34.4. The highest BCUT2D eigenvalue weighted by Gasteiger charge is 2.66. The van der Waals surface area contributed by atoms with Crippen LogP contribution in [-0.4, -0.2) is 103 Å². The molecule has 63 heavy (non-hydrogen) atoms. The molecule has 3 aromatic rings. The first-order valence-electron chi connectivity index (χ1n) is 22.4. The molecule has 13 heteroatoms. The van der Waals surface area contributed by atoms with Crippen LogP contribution < -0.4 is 14.2 Å². The second-order valence-electron chi connectivity index (χ2n) is 16.8. The van der Waals surface area contributed by atoms with Gasteiger partial charge in [-0.15, -0.1) is 6.58 Å². The van der Waals surface area contributed by atoms with Crippen LogP contribution in [0.25, 0.3) is 0 Å². The zero-order chi connectivity index (χ0) is 44.2. The van der Waals surface area contributed by atoms with Gasteiger partial charge in [-0.1, -0.05) is 60.5 Å². The Morgan fingerprint density at radius 3 is 2.43 bits per heavy atom. The van der Waals surface area contributed by atoms with E-state index in [1.165, 1.54) is 7.11 Å². The molecule has 3 aromatic carbocycles. The van der Waals surface area contributed by atoms with Crippen molar-refractivity contribution in [2.45, 2.75) is 82.1 Å². The number of aldehydes is 1. The van der Waals surface area contributed by atoms with Gasteiger partial charge in [-0.05, 0) is 97.9 Å². The standard InChI is InChI=1S/C50H62N2O11/c1-3-25-60-50-46(52(21-26-59-27-24-55)49(57)35-15-16-35)31-43(51-61-33-34-11-5-4-6-12-34)41-29-36(13-7-9-22-53)40(14-8-10-23-54)47(48(41)50)42-30-39(18-20-45(42)63-50)62-38-17-19-44(58-2)37(28-38)32-56/h3-6,11-12,17-20,28-30,32,35-36,40,46-48,53-55H,1,7-10,13-16,21-27,31,33H2,2H3. The number of ether oxygens (including phenoxy) is 5. The number of allylic oxidation sites excluding steroid dienone is 1. The SMILES string of the molecule is C=CCOC12Oc3ccc(Oc4ccc(OC)c(C=O)c4)cc3C3C(CCCCO)C(CCCCO)C=C(C(=NOCc4ccccc4)CC1N(CCOCCO)C(=O)C1CC1)C32. The molecule has 0 spiro atoms. The van der Waals surface area contributed by atoms with Crippen molar-refractivity contribution in [1.82, 2.24) is 4.90 Å². The number of unbranched alkanes of at least 4 members (excludes halogenated alkanes) is 2. The fourth-order valence-electron chi connectivity index (χ4n) is 9.79. The Morgan fingerprint density at radius 2 is 1.71 bits per heavy atom. The summed E-state index contributed by atoms with van der Waals surface area (Å²) >= 11 is 0. The van der Waals surface area contributed by atoms with E-state index in [0.29, 0.717) is 47.1 Å². The molecule has 1 heterocycles. The third-order valence-corrected chi connectivity index (χ3v) is 12.8. The van der Waals surface area contributed by atoms with Gasteiger partial charge in [0.25, 0.3) is 0 Å². The van der Waals surface area contributed by atoms with Crippen LogP contribution in [0.2, 0.25) is 0 Å². The number of aliphatic hydroxyl groups excluding tert-OH is 3. The number of aliphatic hydroxyl groups is 3. The molecule has 3 aliphatic carbocycles. The summed E-state index contributed by atoms with van der Waals surface area (Å²) in [6.07, 6.45) is 11.0. The second-order valence-corrected chi connectivity index (χ2v) is 16.8. The van der Waals surface area contributed by atoms with Gasteiger partial charge in [0.1, 0.15) is 35.6 Å². The van der Waals surface area contributed by atoms with E-state index in [9.17, 15) is 24.9 Å². The normalized spacial score (nSPS) is 24.0. The molecule has 0 bridgehead atoms. The van der Waals surface area contributed by atoms with Crippen LogP contribution in [0.15, 0.2) is 96.2 Å². The molecule has 3 N–H and O–H groups in total. The summed E-state index contributed by atoms with van der Waals surface area (Å²) in [7, 11) is 1.51. The van der Waals surface area contributed by atoms with Gasteiger partial charge in [0.05, 0.1) is 50.7 Å². The number of methoxy groups -OCH3 is 1. The van der Waals surface area contributed by atoms with Crippen molar-refractivity contribution in [3.63, 3.8) is 0 Å². The number of hydrogen-bond acceptors (Lipinski definition) is 12. The third-order valence-electron chi connectivity index (χ3n) is 12.8. The quantitative estimate of drug-likeness (QED) is 0.0337. The Labute approximate surface area is 370 Å². The van der Waals surface area contributed by atoms with Gasteiger partial charge in [-0.25, -0.2) is 0 Å². The van der Waals surface area contributed by atoms with Gasteiger partial charge in [-0.2, -0.15) is 0 Å². The van der Waals surface area contributed by atoms with E-state index in [1.54, 1.807) is 24.3 Å². The molecular weight excluding hydrogens is 805 g/mol. The molecule has 2 fully saturated rings. The second kappa shape index (κ2) is 22.0. The first-order valence-corrected chi connectivity index (χ1v) is 22.4. The summed E-state index contributed by atoms with van der Waals surface area (Å²) in [6.45, 7) is 5.02. The highest BCUT2D eigenvalue weighted by molar-refractivity contribution is 6.03. The number of oxime groups is 1. The van der Waals surface area contributed by atoms with E-state index in [0.717, 1.165) is 61.5 Å². The third kappa shape index (κ3) is 10.5. The summed E-state index contributed by atoms with van der Waals surface area (Å²) in [4.78, 5) is 34.6. The Kier molecular flexibility index (Phi) is 16.1. The topological polar surface area (TPSA) is 166 Å². The predicted octanol–water partition coefficient (Wildman–Crippen LogP) is 7.38. The minimum absolute atomic E-state index is 0.00720. The van der Waals surface area contributed by atoms with Crippen molar-refractivity contribution in [2.24, 2.45) is 28.8 Å². The molecule has 0 radical (unpaired) electrons. The Morgan fingerprint density at radius 1 is 0.952 bits per heavy atom. The number of amides is 1. The van der Waals surface area contributed by atoms with Crippen molar-refractivity contribution < 1.29 is 53.4 Å². The molecule has 0 aromatic heterocycles. The van der Waals surface area contributed by atoms with Crippen molar-refractivity contribution in [3.8, 4) is 23.0 Å². The fourth-order valence-corrected chi connectivity index (χ4v) is 9.79. The van der Waals surface area contributed by atoms with Gasteiger partial charge < -0.3 is 48.7 Å². The molecule has 7 rings (SSSR count). The maximum absolute atomic E-state index is 14.6. The Balaban J connectivity index is 1.42. The highest BCUT2D eigenvalue weighted by Crippen LogP contribution is 2.62. The van der Waals surface area contributed by atoms with Gasteiger partial charge in [0.2, 0.25) is 11.7 Å². The van der Waals surface area contributed by atoms with Crippen LogP contribution in [0.3, 0.4) is 0 Å². The molecule has 4 aliphatic rings. The smallest absolute Gasteiger partial charge is 0.239 e. The number of rotatable bonds is 25. The monoisotopic (exact) mass is 866 g/mol. The van der Waals surface area contributed by atoms with Crippen molar-refractivity contribution in [1.29, 1.82) is 0 Å². The van der Waals surface area contributed by atoms with E-state index in [2.05, 4.69) is 12.7 Å². The summed E-state index contributed by atoms with van der Waals surface area (Å²) in [5.41, 5.74) is 3.86. The molecule has 6 unspecified atom stereocenters. The lowest BCUT2D eigenvalue weighted by atomic mass is 9.55. The zero-order valence-corrected chi connectivity index (χ0v) is 36.3. The van der Waals surface area contributed by atoms with E-state index in [-0.39, 0.29) is 88.8 Å². The van der Waals surface area contributed by atoms with Crippen molar-refractivity contribution in [2.75, 3.05) is 53.3 Å². The van der Waals surface area contributed by atoms with Gasteiger partial charge in [0, 0.05) is 43.6 Å². The minimum Gasteiger partial charge on any atom is -0.496 e. The first kappa shape index (κ1) is 46.0. The van der Waals surface area contributed by atoms with Crippen LogP contribution in [-0.2, 0) is 25.7 Å². The molecule has 1 aliphatic heterocycles.